The maximum Gasteiger partial charge on any atom is 0.408 e. The van der Waals surface area contributed by atoms with Gasteiger partial charge in [-0.1, -0.05) is 0 Å². The Kier molecular flexibility index (Phi) is 7.77. The third-order valence-electron chi connectivity index (χ3n) is 8.28. The molecule has 41 heavy (non-hydrogen) atoms. The predicted octanol–water partition coefficient (Wildman–Crippen LogP) is 5.55. The van der Waals surface area contributed by atoms with Gasteiger partial charge in [-0.3, -0.25) is 9.59 Å². The monoisotopic (exact) mass is 601 g/mol. The first-order valence-electron chi connectivity index (χ1n) is 13.6. The maximum atomic E-state index is 14.4. The van der Waals surface area contributed by atoms with Gasteiger partial charge in [0.05, 0.1) is 16.5 Å². The van der Waals surface area contributed by atoms with Crippen LogP contribution in [0.15, 0.2) is 12.3 Å². The minimum Gasteiger partial charge on any atom is -0.388 e. The van der Waals surface area contributed by atoms with Crippen LogP contribution < -0.4 is 10.6 Å². The van der Waals surface area contributed by atoms with Crippen molar-refractivity contribution in [3.63, 3.8) is 0 Å². The van der Waals surface area contributed by atoms with E-state index in [2.05, 4.69) is 20.6 Å². The molecule has 3 aliphatic rings. The second kappa shape index (κ2) is 10.8. The number of carbonyl (C=O) groups excluding carboxylic acids is 2. The molecule has 1 saturated carbocycles. The van der Waals surface area contributed by atoms with Crippen LogP contribution in [0.3, 0.4) is 0 Å². The van der Waals surface area contributed by atoms with Gasteiger partial charge in [0, 0.05) is 29.4 Å². The standard InChI is InChI=1S/C27H32F5N5O3S/c1-12(26(2,3)40)34-23(38)24-36-19(25(39)37-14-6-7-15(37)9-8-14)20(41-24)17-11-33-18(10-16(17)22(28)29)35-21(13-4-5-13)27(30,31)32/h10-15,21-22,40H,4-9H2,1-3H3,(H,33,35)(H,34,38)/t12-,14-,15+,21+/m1/s1. The molecule has 14 heteroatoms. The highest BCUT2D eigenvalue weighted by atomic mass is 32.1. The number of halogens is 5. The number of carbonyl (C=O) groups is 2. The zero-order valence-corrected chi connectivity index (χ0v) is 23.6. The molecular weight excluding hydrogens is 569 g/mol. The number of hydrogen-bond acceptors (Lipinski definition) is 7. The number of rotatable bonds is 9. The van der Waals surface area contributed by atoms with Gasteiger partial charge in [-0.2, -0.15) is 13.2 Å². The van der Waals surface area contributed by atoms with Gasteiger partial charge in [-0.15, -0.1) is 11.3 Å². The summed E-state index contributed by atoms with van der Waals surface area (Å²) in [5.41, 5.74) is -2.25. The maximum absolute atomic E-state index is 14.4. The third-order valence-corrected chi connectivity index (χ3v) is 9.37. The Bertz CT molecular complexity index is 1300. The van der Waals surface area contributed by atoms with E-state index in [0.29, 0.717) is 12.8 Å². The summed E-state index contributed by atoms with van der Waals surface area (Å²) in [6, 6.07) is -1.76. The number of amides is 2. The topological polar surface area (TPSA) is 107 Å². The average molecular weight is 602 g/mol. The van der Waals surface area contributed by atoms with Crippen molar-refractivity contribution in [2.75, 3.05) is 5.32 Å². The summed E-state index contributed by atoms with van der Waals surface area (Å²) in [6.45, 7) is 4.60. The summed E-state index contributed by atoms with van der Waals surface area (Å²) in [4.78, 5) is 36.8. The summed E-state index contributed by atoms with van der Waals surface area (Å²) in [7, 11) is 0. The molecule has 2 aromatic heterocycles. The number of alkyl halides is 5. The van der Waals surface area contributed by atoms with Crippen molar-refractivity contribution in [2.45, 2.75) is 102 Å². The lowest BCUT2D eigenvalue weighted by Gasteiger charge is -2.26. The first-order chi connectivity index (χ1) is 19.1. The Morgan fingerprint density at radius 2 is 1.71 bits per heavy atom. The number of nitrogens with one attached hydrogen (secondary N) is 2. The van der Waals surface area contributed by atoms with Gasteiger partial charge in [-0.25, -0.2) is 18.7 Å². The normalized spacial score (nSPS) is 22.2. The molecule has 4 heterocycles. The molecule has 0 unspecified atom stereocenters. The number of pyridine rings is 1. The van der Waals surface area contributed by atoms with Crippen molar-refractivity contribution in [1.29, 1.82) is 0 Å². The molecule has 2 saturated heterocycles. The number of anilines is 1. The van der Waals surface area contributed by atoms with Crippen LogP contribution in [0.4, 0.5) is 27.8 Å². The fraction of sp³-hybridized carbons (Fsp3) is 0.630. The first-order valence-corrected chi connectivity index (χ1v) is 14.4. The first kappa shape index (κ1) is 29.6. The van der Waals surface area contributed by atoms with Crippen LogP contribution in [-0.2, 0) is 0 Å². The number of aromatic nitrogens is 2. The quantitative estimate of drug-likeness (QED) is 0.326. The number of fused-ring (bicyclic) bond motifs is 2. The second-order valence-corrected chi connectivity index (χ2v) is 12.7. The van der Waals surface area contributed by atoms with Crippen molar-refractivity contribution >= 4 is 29.0 Å². The second-order valence-electron chi connectivity index (χ2n) is 11.7. The molecule has 2 amide bonds. The van der Waals surface area contributed by atoms with E-state index in [0.717, 1.165) is 49.3 Å². The highest BCUT2D eigenvalue weighted by Crippen LogP contribution is 2.44. The molecule has 2 atom stereocenters. The number of nitrogens with zero attached hydrogens (tertiary/aromatic N) is 3. The van der Waals surface area contributed by atoms with Crippen LogP contribution in [-0.4, -0.2) is 67.7 Å². The summed E-state index contributed by atoms with van der Waals surface area (Å²) in [6.07, 6.45) is -2.67. The van der Waals surface area contributed by atoms with Crippen molar-refractivity contribution < 1.29 is 36.6 Å². The van der Waals surface area contributed by atoms with Gasteiger partial charge in [0.25, 0.3) is 18.2 Å². The van der Waals surface area contributed by atoms with Gasteiger partial charge < -0.3 is 20.6 Å². The summed E-state index contributed by atoms with van der Waals surface area (Å²) in [5.74, 6) is -2.19. The van der Waals surface area contributed by atoms with Crippen LogP contribution in [0, 0.1) is 5.92 Å². The van der Waals surface area contributed by atoms with Crippen LogP contribution in [0.1, 0.15) is 91.6 Å². The Hall–Kier alpha value is -2.87. The molecule has 3 fully saturated rings. The van der Waals surface area contributed by atoms with Gasteiger partial charge in [-0.05, 0) is 71.3 Å². The van der Waals surface area contributed by atoms with Gasteiger partial charge in [0.2, 0.25) is 0 Å². The molecule has 0 radical (unpaired) electrons. The van der Waals surface area contributed by atoms with E-state index in [1.807, 2.05) is 0 Å². The molecule has 2 aliphatic heterocycles. The Labute approximate surface area is 237 Å². The Morgan fingerprint density at radius 1 is 1.10 bits per heavy atom. The highest BCUT2D eigenvalue weighted by Gasteiger charge is 2.49. The molecule has 5 rings (SSSR count). The Morgan fingerprint density at radius 3 is 2.22 bits per heavy atom. The van der Waals surface area contributed by atoms with E-state index in [4.69, 9.17) is 0 Å². The zero-order chi connectivity index (χ0) is 29.9. The summed E-state index contributed by atoms with van der Waals surface area (Å²) >= 11 is 0.728. The number of aliphatic hydroxyl groups is 1. The van der Waals surface area contributed by atoms with E-state index in [9.17, 15) is 36.6 Å². The van der Waals surface area contributed by atoms with Crippen molar-refractivity contribution in [3.05, 3.63) is 28.5 Å². The molecule has 2 bridgehead atoms. The third kappa shape index (κ3) is 6.04. The minimum atomic E-state index is -4.58. The van der Waals surface area contributed by atoms with Crippen molar-refractivity contribution in [3.8, 4) is 10.4 Å². The molecule has 3 N–H and O–H groups in total. The molecular formula is C27H32F5N5O3S. The Balaban J connectivity index is 1.54. The van der Waals surface area contributed by atoms with Crippen molar-refractivity contribution in [2.24, 2.45) is 5.92 Å². The SMILES string of the molecule is C[C@@H](NC(=O)c1nc(C(=O)N2[C@H]3CC[C@@H]2CC3)c(-c2cnc(N[C@@H](C3CC3)C(F)(F)F)cc2C(F)F)s1)C(C)(C)O. The highest BCUT2D eigenvalue weighted by molar-refractivity contribution is 7.17. The van der Waals surface area contributed by atoms with E-state index in [1.165, 1.54) is 13.8 Å². The lowest BCUT2D eigenvalue weighted by molar-refractivity contribution is -0.146. The fourth-order valence-corrected chi connectivity index (χ4v) is 6.51. The largest absolute Gasteiger partial charge is 0.408 e. The lowest BCUT2D eigenvalue weighted by Crippen LogP contribution is -2.47. The molecule has 2 aromatic rings. The molecule has 1 aliphatic carbocycles. The molecule has 8 nitrogen and oxygen atoms in total. The summed E-state index contributed by atoms with van der Waals surface area (Å²) < 4.78 is 69.4. The van der Waals surface area contributed by atoms with Gasteiger partial charge in [0.15, 0.2) is 5.01 Å². The number of hydrogen-bond donors (Lipinski definition) is 3. The van der Waals surface area contributed by atoms with E-state index < -0.39 is 53.6 Å². The van der Waals surface area contributed by atoms with Gasteiger partial charge >= 0.3 is 6.18 Å². The molecule has 0 aromatic carbocycles. The van der Waals surface area contributed by atoms with Crippen LogP contribution in [0.2, 0.25) is 0 Å². The molecule has 0 spiro atoms. The fourth-order valence-electron chi connectivity index (χ4n) is 5.52. The smallest absolute Gasteiger partial charge is 0.388 e. The van der Waals surface area contributed by atoms with Crippen molar-refractivity contribution in [1.82, 2.24) is 20.2 Å². The summed E-state index contributed by atoms with van der Waals surface area (Å²) in [5, 5.41) is 15.0. The van der Waals surface area contributed by atoms with Crippen LogP contribution >= 0.6 is 11.3 Å². The molecule has 224 valence electrons. The van der Waals surface area contributed by atoms with Gasteiger partial charge in [0.1, 0.15) is 17.6 Å². The van der Waals surface area contributed by atoms with Crippen LogP contribution in [0.5, 0.6) is 0 Å². The zero-order valence-electron chi connectivity index (χ0n) is 22.8. The van der Waals surface area contributed by atoms with E-state index in [1.54, 1.807) is 11.8 Å². The lowest BCUT2D eigenvalue weighted by atomic mass is 10.0. The minimum absolute atomic E-state index is 0.00414. The average Bonchev–Trinajstić information content (AvgIpc) is 3.31. The van der Waals surface area contributed by atoms with E-state index in [-0.39, 0.29) is 39.0 Å². The van der Waals surface area contributed by atoms with Crippen LogP contribution in [0.25, 0.3) is 10.4 Å². The number of thiazole rings is 1. The predicted molar refractivity (Wildman–Crippen MR) is 142 cm³/mol. The van der Waals surface area contributed by atoms with E-state index >= 15 is 0 Å².